The zero-order valence-electron chi connectivity index (χ0n) is 14.3. The van der Waals surface area contributed by atoms with Gasteiger partial charge in [0, 0.05) is 32.2 Å². The van der Waals surface area contributed by atoms with Crippen molar-refractivity contribution in [2.45, 2.75) is 26.4 Å². The highest BCUT2D eigenvalue weighted by molar-refractivity contribution is 5.95. The summed E-state index contributed by atoms with van der Waals surface area (Å²) in [5.74, 6) is -1.50. The summed E-state index contributed by atoms with van der Waals surface area (Å²) in [5, 5.41) is 10.6. The maximum Gasteiger partial charge on any atom is 0.410 e. The first-order chi connectivity index (χ1) is 11.6. The van der Waals surface area contributed by atoms with Crippen LogP contribution in [0.15, 0.2) is 18.2 Å². The second-order valence-electron chi connectivity index (χ2n) is 6.68. The first kappa shape index (κ1) is 18.6. The van der Waals surface area contributed by atoms with Crippen molar-refractivity contribution >= 4 is 17.7 Å². The van der Waals surface area contributed by atoms with Gasteiger partial charge in [-0.3, -0.25) is 14.9 Å². The van der Waals surface area contributed by atoms with Crippen LogP contribution in [0.3, 0.4) is 0 Å². The third kappa shape index (κ3) is 4.65. The lowest BCUT2D eigenvalue weighted by molar-refractivity contribution is -0.385. The van der Waals surface area contributed by atoms with Gasteiger partial charge in [0.25, 0.3) is 11.6 Å². The quantitative estimate of drug-likeness (QED) is 0.601. The number of carbonyl (C=O) groups is 2. The average Bonchev–Trinajstić information content (AvgIpc) is 2.52. The highest BCUT2D eigenvalue weighted by atomic mass is 19.1. The predicted molar refractivity (Wildman–Crippen MR) is 86.8 cm³/mol. The molecule has 25 heavy (non-hydrogen) atoms. The summed E-state index contributed by atoms with van der Waals surface area (Å²) < 4.78 is 19.2. The third-order valence-corrected chi connectivity index (χ3v) is 3.61. The van der Waals surface area contributed by atoms with Gasteiger partial charge in [0.15, 0.2) is 0 Å². The van der Waals surface area contributed by atoms with E-state index in [1.165, 1.54) is 9.80 Å². The van der Waals surface area contributed by atoms with Crippen LogP contribution in [0.25, 0.3) is 0 Å². The van der Waals surface area contributed by atoms with Gasteiger partial charge in [0.05, 0.1) is 16.6 Å². The van der Waals surface area contributed by atoms with Crippen LogP contribution in [0.2, 0.25) is 0 Å². The van der Waals surface area contributed by atoms with Crippen LogP contribution in [0, 0.1) is 15.9 Å². The van der Waals surface area contributed by atoms with Crippen molar-refractivity contribution in [1.29, 1.82) is 0 Å². The normalized spacial score (nSPS) is 15.0. The Labute approximate surface area is 144 Å². The Hall–Kier alpha value is -2.71. The molecule has 0 bridgehead atoms. The molecule has 1 aliphatic heterocycles. The molecule has 1 heterocycles. The van der Waals surface area contributed by atoms with Crippen LogP contribution in [0.4, 0.5) is 14.9 Å². The average molecular weight is 353 g/mol. The van der Waals surface area contributed by atoms with Crippen LogP contribution in [-0.2, 0) is 4.74 Å². The van der Waals surface area contributed by atoms with Gasteiger partial charge in [-0.1, -0.05) is 0 Å². The van der Waals surface area contributed by atoms with Gasteiger partial charge in [-0.2, -0.15) is 0 Å². The standard InChI is InChI=1S/C16H20FN3O5/c1-16(2,3)25-15(22)19-8-6-18(7-9-19)14(21)12-5-4-11(20(23)24)10-13(12)17/h4-5,10H,6-9H2,1-3H3. The number of rotatable bonds is 2. The van der Waals surface area contributed by atoms with Crippen molar-refractivity contribution in [3.8, 4) is 0 Å². The molecule has 0 atom stereocenters. The van der Waals surface area contributed by atoms with E-state index in [1.54, 1.807) is 20.8 Å². The van der Waals surface area contributed by atoms with Gasteiger partial charge in [-0.25, -0.2) is 9.18 Å². The van der Waals surface area contributed by atoms with Crippen molar-refractivity contribution in [3.63, 3.8) is 0 Å². The second-order valence-corrected chi connectivity index (χ2v) is 6.68. The molecule has 0 N–H and O–H groups in total. The Kier molecular flexibility index (Phi) is 5.24. The fourth-order valence-corrected chi connectivity index (χ4v) is 2.38. The number of benzene rings is 1. The van der Waals surface area contributed by atoms with E-state index >= 15 is 0 Å². The minimum Gasteiger partial charge on any atom is -0.444 e. The maximum absolute atomic E-state index is 14.0. The molecule has 1 aromatic rings. The Morgan fingerprint density at radius 2 is 1.72 bits per heavy atom. The molecular weight excluding hydrogens is 333 g/mol. The number of hydrogen-bond acceptors (Lipinski definition) is 5. The van der Waals surface area contributed by atoms with Crippen molar-refractivity contribution < 1.29 is 23.6 Å². The van der Waals surface area contributed by atoms with Gasteiger partial charge < -0.3 is 14.5 Å². The Balaban J connectivity index is 2.00. The fraction of sp³-hybridized carbons (Fsp3) is 0.500. The lowest BCUT2D eigenvalue weighted by atomic mass is 10.1. The maximum atomic E-state index is 14.0. The van der Waals surface area contributed by atoms with E-state index in [4.69, 9.17) is 4.74 Å². The number of ether oxygens (including phenoxy) is 1. The molecule has 0 radical (unpaired) electrons. The van der Waals surface area contributed by atoms with Crippen LogP contribution in [0.1, 0.15) is 31.1 Å². The number of hydrogen-bond donors (Lipinski definition) is 0. The van der Waals surface area contributed by atoms with E-state index < -0.39 is 34.0 Å². The molecule has 0 spiro atoms. The minimum atomic E-state index is -0.936. The number of halogens is 1. The number of non-ortho nitro benzene ring substituents is 1. The molecule has 0 aliphatic carbocycles. The molecule has 1 fully saturated rings. The summed E-state index contributed by atoms with van der Waals surface area (Å²) >= 11 is 0. The highest BCUT2D eigenvalue weighted by Crippen LogP contribution is 2.19. The van der Waals surface area contributed by atoms with E-state index in [0.717, 1.165) is 18.2 Å². The van der Waals surface area contributed by atoms with Gasteiger partial charge in [0.1, 0.15) is 11.4 Å². The molecule has 2 rings (SSSR count). The number of carbonyl (C=O) groups excluding carboxylic acids is 2. The zero-order chi connectivity index (χ0) is 18.8. The Morgan fingerprint density at radius 1 is 1.16 bits per heavy atom. The molecule has 9 heteroatoms. The van der Waals surface area contributed by atoms with Crippen LogP contribution in [0.5, 0.6) is 0 Å². The number of piperazine rings is 1. The monoisotopic (exact) mass is 353 g/mol. The molecule has 8 nitrogen and oxygen atoms in total. The first-order valence-electron chi connectivity index (χ1n) is 7.79. The van der Waals surface area contributed by atoms with Gasteiger partial charge in [0.2, 0.25) is 0 Å². The summed E-state index contributed by atoms with van der Waals surface area (Å²) in [6, 6.07) is 2.92. The molecule has 0 aromatic heterocycles. The molecule has 0 unspecified atom stereocenters. The van der Waals surface area contributed by atoms with E-state index in [1.807, 2.05) is 0 Å². The Bertz CT molecular complexity index is 694. The van der Waals surface area contributed by atoms with E-state index in [2.05, 4.69) is 0 Å². The van der Waals surface area contributed by atoms with E-state index in [0.29, 0.717) is 0 Å². The number of nitro groups is 1. The van der Waals surface area contributed by atoms with Crippen LogP contribution < -0.4 is 0 Å². The van der Waals surface area contributed by atoms with Crippen molar-refractivity contribution in [2.24, 2.45) is 0 Å². The smallest absolute Gasteiger partial charge is 0.410 e. The third-order valence-electron chi connectivity index (χ3n) is 3.61. The van der Waals surface area contributed by atoms with Gasteiger partial charge in [-0.15, -0.1) is 0 Å². The number of amides is 2. The molecule has 1 saturated heterocycles. The molecular formula is C16H20FN3O5. The molecule has 2 amide bonds. The minimum absolute atomic E-state index is 0.226. The molecule has 136 valence electrons. The van der Waals surface area contributed by atoms with Crippen molar-refractivity contribution in [1.82, 2.24) is 9.80 Å². The second kappa shape index (κ2) is 7.04. The topological polar surface area (TPSA) is 93.0 Å². The largest absolute Gasteiger partial charge is 0.444 e. The number of nitro benzene ring substituents is 1. The van der Waals surface area contributed by atoms with Crippen LogP contribution in [-0.4, -0.2) is 58.5 Å². The Morgan fingerprint density at radius 3 is 2.20 bits per heavy atom. The summed E-state index contributed by atoms with van der Waals surface area (Å²) in [5.41, 5.74) is -1.24. The lowest BCUT2D eigenvalue weighted by Crippen LogP contribution is -2.51. The van der Waals surface area contributed by atoms with Crippen LogP contribution >= 0.6 is 0 Å². The van der Waals surface area contributed by atoms with Crippen molar-refractivity contribution in [3.05, 3.63) is 39.7 Å². The fourth-order valence-electron chi connectivity index (χ4n) is 2.38. The van der Waals surface area contributed by atoms with E-state index in [9.17, 15) is 24.1 Å². The molecule has 1 aliphatic rings. The lowest BCUT2D eigenvalue weighted by Gasteiger charge is -2.35. The van der Waals surface area contributed by atoms with E-state index in [-0.39, 0.29) is 31.7 Å². The highest BCUT2D eigenvalue weighted by Gasteiger charge is 2.29. The van der Waals surface area contributed by atoms with Gasteiger partial charge in [-0.05, 0) is 26.8 Å². The van der Waals surface area contributed by atoms with Gasteiger partial charge >= 0.3 is 6.09 Å². The summed E-state index contributed by atoms with van der Waals surface area (Å²) in [4.78, 5) is 37.2. The van der Waals surface area contributed by atoms with Crippen molar-refractivity contribution in [2.75, 3.05) is 26.2 Å². The summed E-state index contributed by atoms with van der Waals surface area (Å²) in [6.45, 7) is 6.31. The SMILES string of the molecule is CC(C)(C)OC(=O)N1CCN(C(=O)c2ccc([N+](=O)[O-])cc2F)CC1. The zero-order valence-corrected chi connectivity index (χ0v) is 14.3. The summed E-state index contributed by atoms with van der Waals surface area (Å²) in [7, 11) is 0. The predicted octanol–water partition coefficient (Wildman–Crippen LogP) is 2.43. The first-order valence-corrected chi connectivity index (χ1v) is 7.79. The summed E-state index contributed by atoms with van der Waals surface area (Å²) in [6.07, 6.45) is -0.457. The molecule has 0 saturated carbocycles. The molecule has 1 aromatic carbocycles. The number of nitrogens with zero attached hydrogens (tertiary/aromatic N) is 3.